The van der Waals surface area contributed by atoms with Crippen molar-refractivity contribution >= 4 is 5.91 Å². The lowest BCUT2D eigenvalue weighted by atomic mass is 9.78. The van der Waals surface area contributed by atoms with Crippen molar-refractivity contribution in [2.45, 2.75) is 50.6 Å². The molecule has 5 heteroatoms. The van der Waals surface area contributed by atoms with Crippen molar-refractivity contribution < 1.29 is 4.79 Å². The fourth-order valence-electron chi connectivity index (χ4n) is 3.82. The molecule has 110 valence electrons. The number of nitrogens with two attached hydrogens (primary N) is 1. The van der Waals surface area contributed by atoms with Crippen LogP contribution in [0.15, 0.2) is 12.4 Å². The summed E-state index contributed by atoms with van der Waals surface area (Å²) in [4.78, 5) is 14.8. The Bertz CT molecular complexity index is 482. The Morgan fingerprint density at radius 2 is 2.10 bits per heavy atom. The lowest BCUT2D eigenvalue weighted by molar-refractivity contribution is -0.139. The van der Waals surface area contributed by atoms with Crippen molar-refractivity contribution in [2.75, 3.05) is 6.54 Å². The number of nitrogens with zero attached hydrogens (tertiary/aromatic N) is 3. The molecule has 1 aliphatic carbocycles. The van der Waals surface area contributed by atoms with Crippen LogP contribution in [0.1, 0.15) is 50.1 Å². The van der Waals surface area contributed by atoms with Crippen LogP contribution < -0.4 is 5.73 Å². The number of hydrogen-bond donors (Lipinski definition) is 1. The van der Waals surface area contributed by atoms with Crippen molar-refractivity contribution in [2.24, 2.45) is 18.7 Å². The minimum Gasteiger partial charge on any atom is -0.338 e. The molecule has 0 aromatic carbocycles. The van der Waals surface area contributed by atoms with E-state index in [1.807, 2.05) is 13.2 Å². The van der Waals surface area contributed by atoms with Gasteiger partial charge in [-0.1, -0.05) is 12.8 Å². The van der Waals surface area contributed by atoms with E-state index in [1.165, 1.54) is 25.7 Å². The molecule has 1 aliphatic heterocycles. The third kappa shape index (κ3) is 2.46. The maximum Gasteiger partial charge on any atom is 0.244 e. The summed E-state index contributed by atoms with van der Waals surface area (Å²) in [5, 5.41) is 4.11. The quantitative estimate of drug-likeness (QED) is 0.892. The molecule has 3 atom stereocenters. The second-order valence-corrected chi connectivity index (χ2v) is 6.21. The van der Waals surface area contributed by atoms with Gasteiger partial charge < -0.3 is 10.6 Å². The molecule has 1 aromatic rings. The minimum atomic E-state index is -0.565. The van der Waals surface area contributed by atoms with E-state index in [1.54, 1.807) is 10.9 Å². The van der Waals surface area contributed by atoms with Gasteiger partial charge in [-0.15, -0.1) is 0 Å². The largest absolute Gasteiger partial charge is 0.338 e. The molecule has 3 rings (SSSR count). The maximum atomic E-state index is 12.7. The Hall–Kier alpha value is -1.36. The van der Waals surface area contributed by atoms with Crippen molar-refractivity contribution in [1.82, 2.24) is 14.7 Å². The van der Waals surface area contributed by atoms with Crippen LogP contribution in [0, 0.1) is 5.92 Å². The number of aryl methyl sites for hydroxylation is 1. The lowest BCUT2D eigenvalue weighted by Gasteiger charge is -2.44. The Kier molecular flexibility index (Phi) is 3.78. The highest BCUT2D eigenvalue weighted by Gasteiger charge is 2.37. The second kappa shape index (κ2) is 5.56. The first-order valence-corrected chi connectivity index (χ1v) is 7.71. The molecule has 1 amide bonds. The summed E-state index contributed by atoms with van der Waals surface area (Å²) < 4.78 is 1.70. The van der Waals surface area contributed by atoms with Crippen molar-refractivity contribution in [3.63, 3.8) is 0 Å². The molecule has 1 unspecified atom stereocenters. The molecule has 2 heterocycles. The molecular weight excluding hydrogens is 252 g/mol. The average molecular weight is 276 g/mol. The predicted octanol–water partition coefficient (Wildman–Crippen LogP) is 1.60. The van der Waals surface area contributed by atoms with E-state index in [4.69, 9.17) is 5.73 Å². The zero-order valence-corrected chi connectivity index (χ0v) is 12.2. The summed E-state index contributed by atoms with van der Waals surface area (Å²) in [7, 11) is 1.85. The number of rotatable bonds is 2. The van der Waals surface area contributed by atoms with Gasteiger partial charge in [-0.05, 0) is 31.6 Å². The number of hydrogen-bond acceptors (Lipinski definition) is 3. The second-order valence-electron chi connectivity index (χ2n) is 6.21. The van der Waals surface area contributed by atoms with Gasteiger partial charge in [0.05, 0.1) is 6.20 Å². The monoisotopic (exact) mass is 276 g/mol. The topological polar surface area (TPSA) is 64.2 Å². The van der Waals surface area contributed by atoms with E-state index in [0.717, 1.165) is 24.9 Å². The predicted molar refractivity (Wildman–Crippen MR) is 76.8 cm³/mol. The zero-order chi connectivity index (χ0) is 14.1. The molecular formula is C15H24N4O. The highest BCUT2D eigenvalue weighted by molar-refractivity contribution is 5.83. The van der Waals surface area contributed by atoms with E-state index < -0.39 is 6.04 Å². The van der Waals surface area contributed by atoms with Crippen LogP contribution in [0.25, 0.3) is 0 Å². The standard InChI is InChI=1S/C15H24N4O/c1-18-10-12(9-17-18)14(16)15(20)19-8-4-6-11-5-2-3-7-13(11)19/h9-11,13-14H,2-8,16H2,1H3/t11-,13-,14?/m1/s1. The highest BCUT2D eigenvalue weighted by atomic mass is 16.2. The summed E-state index contributed by atoms with van der Waals surface area (Å²) in [6.07, 6.45) is 10.9. The molecule has 2 fully saturated rings. The van der Waals surface area contributed by atoms with Crippen LogP contribution >= 0.6 is 0 Å². The van der Waals surface area contributed by atoms with Crippen molar-refractivity contribution in [3.05, 3.63) is 18.0 Å². The van der Waals surface area contributed by atoms with E-state index in [2.05, 4.69) is 10.00 Å². The fourth-order valence-corrected chi connectivity index (χ4v) is 3.82. The van der Waals surface area contributed by atoms with Crippen molar-refractivity contribution in [1.29, 1.82) is 0 Å². The summed E-state index contributed by atoms with van der Waals surface area (Å²) in [5.41, 5.74) is 6.98. The molecule has 2 N–H and O–H groups in total. The van der Waals surface area contributed by atoms with Gasteiger partial charge in [0.15, 0.2) is 0 Å². The number of aromatic nitrogens is 2. The van der Waals surface area contributed by atoms with E-state index in [9.17, 15) is 4.79 Å². The first kappa shape index (κ1) is 13.6. The lowest BCUT2D eigenvalue weighted by Crippen LogP contribution is -2.52. The number of likely N-dealkylation sites (tertiary alicyclic amines) is 1. The Morgan fingerprint density at radius 3 is 2.85 bits per heavy atom. The molecule has 0 bridgehead atoms. The van der Waals surface area contributed by atoms with Crippen LogP contribution in [0.5, 0.6) is 0 Å². The molecule has 5 nitrogen and oxygen atoms in total. The highest BCUT2D eigenvalue weighted by Crippen LogP contribution is 2.36. The molecule has 2 aliphatic rings. The van der Waals surface area contributed by atoms with E-state index in [-0.39, 0.29) is 5.91 Å². The van der Waals surface area contributed by atoms with Gasteiger partial charge in [0.25, 0.3) is 0 Å². The smallest absolute Gasteiger partial charge is 0.244 e. The van der Waals surface area contributed by atoms with Crippen LogP contribution in [-0.2, 0) is 11.8 Å². The molecule has 20 heavy (non-hydrogen) atoms. The minimum absolute atomic E-state index is 0.0783. The van der Waals surface area contributed by atoms with Gasteiger partial charge in [0.1, 0.15) is 6.04 Å². The van der Waals surface area contributed by atoms with Gasteiger partial charge in [-0.25, -0.2) is 0 Å². The van der Waals surface area contributed by atoms with Gasteiger partial charge in [0, 0.05) is 31.4 Å². The van der Waals surface area contributed by atoms with Gasteiger partial charge in [-0.3, -0.25) is 9.48 Å². The number of carbonyl (C=O) groups is 1. The molecule has 1 saturated heterocycles. The number of fused-ring (bicyclic) bond motifs is 1. The normalized spacial score (nSPS) is 28.0. The summed E-state index contributed by atoms with van der Waals surface area (Å²) >= 11 is 0. The van der Waals surface area contributed by atoms with Crippen molar-refractivity contribution in [3.8, 4) is 0 Å². The first-order chi connectivity index (χ1) is 9.66. The summed E-state index contributed by atoms with van der Waals surface area (Å²) in [6, 6.07) is -0.142. The Morgan fingerprint density at radius 1 is 1.35 bits per heavy atom. The number of amides is 1. The fraction of sp³-hybridized carbons (Fsp3) is 0.733. The Labute approximate surface area is 120 Å². The van der Waals surface area contributed by atoms with Crippen LogP contribution in [-0.4, -0.2) is 33.2 Å². The zero-order valence-electron chi connectivity index (χ0n) is 12.2. The van der Waals surface area contributed by atoms with Gasteiger partial charge in [-0.2, -0.15) is 5.10 Å². The third-order valence-corrected chi connectivity index (χ3v) is 4.88. The third-order valence-electron chi connectivity index (χ3n) is 4.88. The van der Waals surface area contributed by atoms with Crippen LogP contribution in [0.4, 0.5) is 0 Å². The summed E-state index contributed by atoms with van der Waals surface area (Å²) in [6.45, 7) is 0.869. The molecule has 1 aromatic heterocycles. The van der Waals surface area contributed by atoms with Crippen LogP contribution in [0.2, 0.25) is 0 Å². The maximum absolute atomic E-state index is 12.7. The van der Waals surface area contributed by atoms with Gasteiger partial charge >= 0.3 is 0 Å². The van der Waals surface area contributed by atoms with Gasteiger partial charge in [0.2, 0.25) is 5.91 Å². The van der Waals surface area contributed by atoms with E-state index in [0.29, 0.717) is 12.0 Å². The van der Waals surface area contributed by atoms with E-state index >= 15 is 0 Å². The molecule has 1 saturated carbocycles. The first-order valence-electron chi connectivity index (χ1n) is 7.71. The molecule has 0 radical (unpaired) electrons. The molecule has 0 spiro atoms. The Balaban J connectivity index is 1.75. The average Bonchev–Trinajstić information content (AvgIpc) is 2.91. The number of carbonyl (C=O) groups excluding carboxylic acids is 1. The number of piperidine rings is 1. The SMILES string of the molecule is Cn1cc(C(N)C(=O)N2CCC[C@H]3CCCC[C@H]32)cn1. The summed E-state index contributed by atoms with van der Waals surface area (Å²) in [5.74, 6) is 0.775. The van der Waals surface area contributed by atoms with Crippen LogP contribution in [0.3, 0.4) is 0 Å².